The highest BCUT2D eigenvalue weighted by molar-refractivity contribution is 6.07. The summed E-state index contributed by atoms with van der Waals surface area (Å²) in [6, 6.07) is 11.4. The van der Waals surface area contributed by atoms with Gasteiger partial charge in [0, 0.05) is 31.4 Å². The second-order valence-electron chi connectivity index (χ2n) is 6.07. The van der Waals surface area contributed by atoms with Crippen molar-refractivity contribution in [3.63, 3.8) is 0 Å². The minimum Gasteiger partial charge on any atom is -0.379 e. The summed E-state index contributed by atoms with van der Waals surface area (Å²) < 4.78 is 20.6. The number of morpholine rings is 1. The highest BCUT2D eigenvalue weighted by Crippen LogP contribution is 2.19. The molecule has 0 saturated carbocycles. The molecule has 1 saturated heterocycles. The molecule has 0 spiro atoms. The van der Waals surface area contributed by atoms with Crippen LogP contribution in [0.1, 0.15) is 21.9 Å². The van der Waals surface area contributed by atoms with Gasteiger partial charge in [-0.2, -0.15) is 0 Å². The summed E-state index contributed by atoms with van der Waals surface area (Å²) in [7, 11) is 0. The van der Waals surface area contributed by atoms with Gasteiger partial charge in [0.15, 0.2) is 5.82 Å². The molecule has 0 N–H and O–H groups in total. The zero-order valence-corrected chi connectivity index (χ0v) is 13.7. The zero-order valence-electron chi connectivity index (χ0n) is 13.7. The number of hydrogen-bond acceptors (Lipinski definition) is 4. The SMILES string of the molecule is O=C(c1cccc(F)c1)c1nc(CN2CCOCC2)c2ccccn12. The third kappa shape index (κ3) is 3.18. The summed E-state index contributed by atoms with van der Waals surface area (Å²) in [5.41, 5.74) is 2.05. The van der Waals surface area contributed by atoms with E-state index >= 15 is 0 Å². The van der Waals surface area contributed by atoms with Crippen LogP contribution in [0.15, 0.2) is 48.7 Å². The maximum atomic E-state index is 13.5. The van der Waals surface area contributed by atoms with E-state index in [-0.39, 0.29) is 5.78 Å². The number of carbonyl (C=O) groups excluding carboxylic acids is 1. The predicted octanol–water partition coefficient (Wildman–Crippen LogP) is 2.54. The summed E-state index contributed by atoms with van der Waals surface area (Å²) in [5, 5.41) is 0. The van der Waals surface area contributed by atoms with Crippen LogP contribution in [0.3, 0.4) is 0 Å². The maximum Gasteiger partial charge on any atom is 0.228 e. The molecule has 1 aliphatic heterocycles. The molecule has 4 rings (SSSR count). The largest absolute Gasteiger partial charge is 0.379 e. The first kappa shape index (κ1) is 15.9. The smallest absolute Gasteiger partial charge is 0.228 e. The van der Waals surface area contributed by atoms with Crippen LogP contribution in [0.5, 0.6) is 0 Å². The van der Waals surface area contributed by atoms with Gasteiger partial charge in [0.2, 0.25) is 5.78 Å². The molecule has 0 atom stereocenters. The molecule has 1 fully saturated rings. The number of ether oxygens (including phenoxy) is 1. The quantitative estimate of drug-likeness (QED) is 0.686. The lowest BCUT2D eigenvalue weighted by molar-refractivity contribution is 0.0338. The summed E-state index contributed by atoms with van der Waals surface area (Å²) in [4.78, 5) is 19.7. The number of aromatic nitrogens is 2. The first-order chi connectivity index (χ1) is 12.2. The third-order valence-corrected chi connectivity index (χ3v) is 4.39. The van der Waals surface area contributed by atoms with Gasteiger partial charge in [-0.1, -0.05) is 18.2 Å². The summed E-state index contributed by atoms with van der Waals surface area (Å²) >= 11 is 0. The molecular formula is C19H18FN3O2. The number of halogens is 1. The van der Waals surface area contributed by atoms with Crippen molar-refractivity contribution < 1.29 is 13.9 Å². The van der Waals surface area contributed by atoms with Crippen LogP contribution in [-0.2, 0) is 11.3 Å². The van der Waals surface area contributed by atoms with E-state index in [4.69, 9.17) is 4.74 Å². The molecule has 3 heterocycles. The van der Waals surface area contributed by atoms with Gasteiger partial charge in [-0.15, -0.1) is 0 Å². The van der Waals surface area contributed by atoms with Crippen molar-refractivity contribution in [1.82, 2.24) is 14.3 Å². The van der Waals surface area contributed by atoms with Gasteiger partial charge in [-0.05, 0) is 24.3 Å². The Bertz CT molecular complexity index is 916. The number of fused-ring (bicyclic) bond motifs is 1. The number of nitrogens with zero attached hydrogens (tertiary/aromatic N) is 3. The van der Waals surface area contributed by atoms with E-state index < -0.39 is 5.82 Å². The lowest BCUT2D eigenvalue weighted by Gasteiger charge is -2.25. The summed E-state index contributed by atoms with van der Waals surface area (Å²) in [6.45, 7) is 3.77. The predicted molar refractivity (Wildman–Crippen MR) is 91.1 cm³/mol. The highest BCUT2D eigenvalue weighted by atomic mass is 19.1. The number of hydrogen-bond donors (Lipinski definition) is 0. The van der Waals surface area contributed by atoms with Crippen molar-refractivity contribution in [2.24, 2.45) is 0 Å². The fourth-order valence-electron chi connectivity index (χ4n) is 3.11. The molecule has 0 aliphatic carbocycles. The molecule has 1 aromatic carbocycles. The standard InChI is InChI=1S/C19H18FN3O2/c20-15-5-3-4-14(12-15)18(24)19-21-16(13-22-8-10-25-11-9-22)17-6-1-2-7-23(17)19/h1-7,12H,8-11,13H2. The second-order valence-corrected chi connectivity index (χ2v) is 6.07. The summed E-state index contributed by atoms with van der Waals surface area (Å²) in [5.74, 6) is -0.404. The zero-order chi connectivity index (χ0) is 17.2. The molecule has 0 radical (unpaired) electrons. The van der Waals surface area contributed by atoms with E-state index in [1.165, 1.54) is 18.2 Å². The Morgan fingerprint density at radius 3 is 2.80 bits per heavy atom. The number of pyridine rings is 1. The Morgan fingerprint density at radius 1 is 1.16 bits per heavy atom. The Labute approximate surface area is 144 Å². The van der Waals surface area contributed by atoms with Crippen molar-refractivity contribution in [1.29, 1.82) is 0 Å². The first-order valence-corrected chi connectivity index (χ1v) is 8.29. The third-order valence-electron chi connectivity index (χ3n) is 4.39. The molecule has 0 bridgehead atoms. The molecule has 1 aliphatic rings. The number of ketones is 1. The minimum absolute atomic E-state index is 0.283. The second kappa shape index (κ2) is 6.74. The molecular weight excluding hydrogens is 321 g/mol. The monoisotopic (exact) mass is 339 g/mol. The van der Waals surface area contributed by atoms with Crippen molar-refractivity contribution >= 4 is 11.3 Å². The minimum atomic E-state index is -0.430. The molecule has 3 aromatic rings. The topological polar surface area (TPSA) is 46.8 Å². The fraction of sp³-hybridized carbons (Fsp3) is 0.263. The molecule has 128 valence electrons. The van der Waals surface area contributed by atoms with E-state index in [0.717, 1.165) is 24.3 Å². The van der Waals surface area contributed by atoms with Crippen molar-refractivity contribution in [2.75, 3.05) is 26.3 Å². The normalized spacial score (nSPS) is 15.6. The highest BCUT2D eigenvalue weighted by Gasteiger charge is 2.21. The van der Waals surface area contributed by atoms with Gasteiger partial charge in [-0.3, -0.25) is 14.1 Å². The number of carbonyl (C=O) groups is 1. The van der Waals surface area contributed by atoms with E-state index in [1.807, 2.05) is 24.4 Å². The van der Waals surface area contributed by atoms with Crippen LogP contribution in [0, 0.1) is 5.82 Å². The lowest BCUT2D eigenvalue weighted by atomic mass is 10.1. The van der Waals surface area contributed by atoms with Gasteiger partial charge in [0.05, 0.1) is 24.4 Å². The Hall–Kier alpha value is -2.57. The molecule has 0 amide bonds. The Kier molecular flexibility index (Phi) is 4.29. The molecule has 25 heavy (non-hydrogen) atoms. The fourth-order valence-corrected chi connectivity index (χ4v) is 3.11. The van der Waals surface area contributed by atoms with Gasteiger partial charge in [0.1, 0.15) is 5.82 Å². The molecule has 2 aromatic heterocycles. The van der Waals surface area contributed by atoms with Gasteiger partial charge in [0.25, 0.3) is 0 Å². The van der Waals surface area contributed by atoms with E-state index in [0.29, 0.717) is 31.1 Å². The van der Waals surface area contributed by atoms with Crippen LogP contribution < -0.4 is 0 Å². The maximum absolute atomic E-state index is 13.5. The van der Waals surface area contributed by atoms with Gasteiger partial charge >= 0.3 is 0 Å². The number of rotatable bonds is 4. The van der Waals surface area contributed by atoms with E-state index in [1.54, 1.807) is 10.5 Å². The van der Waals surface area contributed by atoms with Crippen LogP contribution in [0.4, 0.5) is 4.39 Å². The summed E-state index contributed by atoms with van der Waals surface area (Å²) in [6.07, 6.45) is 1.82. The van der Waals surface area contributed by atoms with Crippen molar-refractivity contribution in [2.45, 2.75) is 6.54 Å². The molecule has 5 nitrogen and oxygen atoms in total. The van der Waals surface area contributed by atoms with Crippen molar-refractivity contribution in [3.05, 3.63) is 71.6 Å². The Balaban J connectivity index is 1.72. The molecule has 6 heteroatoms. The van der Waals surface area contributed by atoms with Crippen LogP contribution in [0.25, 0.3) is 5.52 Å². The first-order valence-electron chi connectivity index (χ1n) is 8.29. The molecule has 0 unspecified atom stereocenters. The van der Waals surface area contributed by atoms with Crippen LogP contribution >= 0.6 is 0 Å². The number of imidazole rings is 1. The van der Waals surface area contributed by atoms with Crippen LogP contribution in [0.2, 0.25) is 0 Å². The van der Waals surface area contributed by atoms with Gasteiger partial charge in [-0.25, -0.2) is 9.37 Å². The number of benzene rings is 1. The lowest BCUT2D eigenvalue weighted by Crippen LogP contribution is -2.35. The van der Waals surface area contributed by atoms with E-state index in [9.17, 15) is 9.18 Å². The van der Waals surface area contributed by atoms with Crippen LogP contribution in [-0.4, -0.2) is 46.4 Å². The van der Waals surface area contributed by atoms with E-state index in [2.05, 4.69) is 9.88 Å². The van der Waals surface area contributed by atoms with Crippen molar-refractivity contribution in [3.8, 4) is 0 Å². The Morgan fingerprint density at radius 2 is 2.00 bits per heavy atom. The average Bonchev–Trinajstić information content (AvgIpc) is 3.01. The van der Waals surface area contributed by atoms with Gasteiger partial charge < -0.3 is 4.74 Å². The average molecular weight is 339 g/mol.